The largest absolute Gasteiger partial charge is 0.466 e. The number of carbonyl (C=O) groups excluding carboxylic acids is 1. The molecule has 1 amide bonds. The standard InChI is InChI=1S/C13H18BrNO2/c1-8-4-9-10(15-12(16)7-14)5-13(2,3)6-11(9)17-8/h4,10H,5-7H2,1-3H3,(H,15,16). The number of furan rings is 1. The third kappa shape index (κ3) is 2.73. The first kappa shape index (κ1) is 12.7. The van der Waals surface area contributed by atoms with Crippen molar-refractivity contribution in [2.24, 2.45) is 5.41 Å². The van der Waals surface area contributed by atoms with E-state index in [0.29, 0.717) is 5.33 Å². The van der Waals surface area contributed by atoms with E-state index in [1.807, 2.05) is 13.0 Å². The number of halogens is 1. The molecule has 1 N–H and O–H groups in total. The Morgan fingerprint density at radius 2 is 2.35 bits per heavy atom. The lowest BCUT2D eigenvalue weighted by molar-refractivity contribution is -0.119. The van der Waals surface area contributed by atoms with Gasteiger partial charge in [-0.25, -0.2) is 0 Å². The summed E-state index contributed by atoms with van der Waals surface area (Å²) in [6.45, 7) is 6.37. The van der Waals surface area contributed by atoms with Crippen molar-refractivity contribution in [3.05, 3.63) is 23.2 Å². The number of rotatable bonds is 2. The zero-order chi connectivity index (χ0) is 12.6. The van der Waals surface area contributed by atoms with Crippen LogP contribution in [0.1, 0.15) is 43.4 Å². The molecule has 1 aromatic heterocycles. The van der Waals surface area contributed by atoms with Crippen molar-refractivity contribution in [3.8, 4) is 0 Å². The molecule has 0 aliphatic heterocycles. The molecule has 1 heterocycles. The first-order chi connectivity index (χ1) is 7.91. The molecule has 3 nitrogen and oxygen atoms in total. The fourth-order valence-electron chi connectivity index (χ4n) is 2.55. The van der Waals surface area contributed by atoms with E-state index in [0.717, 1.165) is 29.9 Å². The summed E-state index contributed by atoms with van der Waals surface area (Å²) in [6.07, 6.45) is 1.90. The maximum Gasteiger partial charge on any atom is 0.231 e. The molecular weight excluding hydrogens is 282 g/mol. The number of hydrogen-bond donors (Lipinski definition) is 1. The Bertz CT molecular complexity index is 437. The van der Waals surface area contributed by atoms with Gasteiger partial charge >= 0.3 is 0 Å². The van der Waals surface area contributed by atoms with Crippen molar-refractivity contribution in [1.29, 1.82) is 0 Å². The third-order valence-electron chi connectivity index (χ3n) is 3.19. The van der Waals surface area contributed by atoms with Crippen LogP contribution in [-0.4, -0.2) is 11.2 Å². The minimum atomic E-state index is 0.0255. The Labute approximate surface area is 110 Å². The minimum Gasteiger partial charge on any atom is -0.466 e. The Morgan fingerprint density at radius 1 is 1.65 bits per heavy atom. The molecule has 1 unspecified atom stereocenters. The van der Waals surface area contributed by atoms with E-state index in [1.165, 1.54) is 0 Å². The molecular formula is C13H18BrNO2. The van der Waals surface area contributed by atoms with Crippen LogP contribution in [0.5, 0.6) is 0 Å². The van der Waals surface area contributed by atoms with Crippen LogP contribution in [0.15, 0.2) is 10.5 Å². The molecule has 17 heavy (non-hydrogen) atoms. The second-order valence-corrected chi connectivity index (χ2v) is 6.10. The number of hydrogen-bond acceptors (Lipinski definition) is 2. The Morgan fingerprint density at radius 3 is 3.00 bits per heavy atom. The van der Waals surface area contributed by atoms with Crippen LogP contribution in [0.4, 0.5) is 0 Å². The van der Waals surface area contributed by atoms with Crippen molar-refractivity contribution in [2.45, 2.75) is 39.7 Å². The molecule has 4 heteroatoms. The van der Waals surface area contributed by atoms with Gasteiger partial charge in [0.1, 0.15) is 11.5 Å². The molecule has 0 spiro atoms. The monoisotopic (exact) mass is 299 g/mol. The second-order valence-electron chi connectivity index (χ2n) is 5.53. The van der Waals surface area contributed by atoms with E-state index < -0.39 is 0 Å². The van der Waals surface area contributed by atoms with Gasteiger partial charge in [0.2, 0.25) is 5.91 Å². The van der Waals surface area contributed by atoms with Gasteiger partial charge in [0, 0.05) is 12.0 Å². The SMILES string of the molecule is Cc1cc2c(o1)CC(C)(C)CC2NC(=O)CBr. The van der Waals surface area contributed by atoms with Gasteiger partial charge in [-0.05, 0) is 24.8 Å². The molecule has 94 valence electrons. The normalized spacial score (nSPS) is 22.0. The summed E-state index contributed by atoms with van der Waals surface area (Å²) in [5.74, 6) is 1.97. The molecule has 0 saturated heterocycles. The predicted molar refractivity (Wildman–Crippen MR) is 70.2 cm³/mol. The number of nitrogens with one attached hydrogen (secondary N) is 1. The van der Waals surface area contributed by atoms with Crippen LogP contribution in [-0.2, 0) is 11.2 Å². The number of carbonyl (C=O) groups is 1. The molecule has 0 fully saturated rings. The van der Waals surface area contributed by atoms with Crippen LogP contribution in [0.25, 0.3) is 0 Å². The average molecular weight is 300 g/mol. The summed E-state index contributed by atoms with van der Waals surface area (Å²) in [4.78, 5) is 11.5. The van der Waals surface area contributed by atoms with Gasteiger partial charge in [-0.2, -0.15) is 0 Å². The summed E-state index contributed by atoms with van der Waals surface area (Å²) in [5.41, 5.74) is 1.32. The predicted octanol–water partition coefficient (Wildman–Crippen LogP) is 3.11. The lowest BCUT2D eigenvalue weighted by atomic mass is 9.75. The highest BCUT2D eigenvalue weighted by Gasteiger charge is 2.35. The number of fused-ring (bicyclic) bond motifs is 1. The second kappa shape index (κ2) is 4.48. The zero-order valence-corrected chi connectivity index (χ0v) is 12.1. The fraction of sp³-hybridized carbons (Fsp3) is 0.615. The van der Waals surface area contributed by atoms with Crippen molar-refractivity contribution < 1.29 is 9.21 Å². The van der Waals surface area contributed by atoms with Crippen LogP contribution in [0.3, 0.4) is 0 Å². The summed E-state index contributed by atoms with van der Waals surface area (Å²) in [7, 11) is 0. The van der Waals surface area contributed by atoms with Gasteiger partial charge in [0.05, 0.1) is 11.4 Å². The van der Waals surface area contributed by atoms with Gasteiger partial charge in [-0.3, -0.25) is 4.79 Å². The van der Waals surface area contributed by atoms with E-state index in [2.05, 4.69) is 35.1 Å². The quantitative estimate of drug-likeness (QED) is 0.853. The third-order valence-corrected chi connectivity index (χ3v) is 3.70. The van der Waals surface area contributed by atoms with Gasteiger partial charge < -0.3 is 9.73 Å². The summed E-state index contributed by atoms with van der Waals surface area (Å²) < 4.78 is 5.72. The lowest BCUT2D eigenvalue weighted by Crippen LogP contribution is -2.36. The zero-order valence-electron chi connectivity index (χ0n) is 10.5. The van der Waals surface area contributed by atoms with E-state index in [-0.39, 0.29) is 17.4 Å². The topological polar surface area (TPSA) is 42.2 Å². The molecule has 2 rings (SSSR count). The first-order valence-electron chi connectivity index (χ1n) is 5.86. The van der Waals surface area contributed by atoms with Crippen molar-refractivity contribution in [1.82, 2.24) is 5.32 Å². The van der Waals surface area contributed by atoms with Gasteiger partial charge in [-0.15, -0.1) is 0 Å². The van der Waals surface area contributed by atoms with Crippen LogP contribution < -0.4 is 5.32 Å². The van der Waals surface area contributed by atoms with E-state index in [1.54, 1.807) is 0 Å². The first-order valence-corrected chi connectivity index (χ1v) is 6.98. The summed E-state index contributed by atoms with van der Waals surface area (Å²) >= 11 is 3.18. The average Bonchev–Trinajstić information content (AvgIpc) is 2.56. The Balaban J connectivity index is 2.29. The smallest absolute Gasteiger partial charge is 0.231 e. The van der Waals surface area contributed by atoms with Crippen molar-refractivity contribution in [3.63, 3.8) is 0 Å². The van der Waals surface area contributed by atoms with Gasteiger partial charge in [0.15, 0.2) is 0 Å². The minimum absolute atomic E-state index is 0.0255. The number of amides is 1. The lowest BCUT2D eigenvalue weighted by Gasteiger charge is -2.34. The highest BCUT2D eigenvalue weighted by Crippen LogP contribution is 2.41. The van der Waals surface area contributed by atoms with Gasteiger partial charge in [0.25, 0.3) is 0 Å². The highest BCUT2D eigenvalue weighted by molar-refractivity contribution is 9.09. The molecule has 1 aromatic rings. The highest BCUT2D eigenvalue weighted by atomic mass is 79.9. The van der Waals surface area contributed by atoms with Crippen molar-refractivity contribution in [2.75, 3.05) is 5.33 Å². The van der Waals surface area contributed by atoms with Crippen LogP contribution in [0.2, 0.25) is 0 Å². The molecule has 0 saturated carbocycles. The summed E-state index contributed by atoms with van der Waals surface area (Å²) in [5, 5.41) is 3.39. The fourth-order valence-corrected chi connectivity index (χ4v) is 2.71. The maximum atomic E-state index is 11.5. The number of aryl methyl sites for hydroxylation is 1. The molecule has 1 aliphatic rings. The van der Waals surface area contributed by atoms with Crippen LogP contribution >= 0.6 is 15.9 Å². The molecule has 0 aromatic carbocycles. The van der Waals surface area contributed by atoms with Crippen LogP contribution in [0, 0.1) is 12.3 Å². The summed E-state index contributed by atoms with van der Waals surface area (Å²) in [6, 6.07) is 2.13. The molecule has 1 aliphatic carbocycles. The van der Waals surface area contributed by atoms with Gasteiger partial charge in [-0.1, -0.05) is 29.8 Å². The molecule has 0 radical (unpaired) electrons. The van der Waals surface area contributed by atoms with E-state index in [9.17, 15) is 4.79 Å². The van der Waals surface area contributed by atoms with E-state index >= 15 is 0 Å². The maximum absolute atomic E-state index is 11.5. The van der Waals surface area contributed by atoms with E-state index in [4.69, 9.17) is 4.42 Å². The number of alkyl halides is 1. The molecule has 1 atom stereocenters. The molecule has 0 bridgehead atoms. The Kier molecular flexibility index (Phi) is 3.34. The Hall–Kier alpha value is -0.770. The van der Waals surface area contributed by atoms with Crippen molar-refractivity contribution >= 4 is 21.8 Å².